The van der Waals surface area contributed by atoms with Crippen LogP contribution in [0.3, 0.4) is 0 Å². The van der Waals surface area contributed by atoms with Gasteiger partial charge in [0.2, 0.25) is 10.7 Å². The van der Waals surface area contributed by atoms with E-state index in [1.54, 1.807) is 43.5 Å². The summed E-state index contributed by atoms with van der Waals surface area (Å²) >= 11 is 4.29. The first-order valence-electron chi connectivity index (χ1n) is 9.70. The fourth-order valence-corrected chi connectivity index (χ4v) is 4.44. The van der Waals surface area contributed by atoms with Crippen molar-refractivity contribution in [3.63, 3.8) is 0 Å². The van der Waals surface area contributed by atoms with Gasteiger partial charge in [0.25, 0.3) is 5.91 Å². The molecule has 3 aromatic carbocycles. The number of ketones is 1. The van der Waals surface area contributed by atoms with Gasteiger partial charge in [-0.25, -0.2) is 4.72 Å². The van der Waals surface area contributed by atoms with Crippen LogP contribution in [-0.2, 0) is 17.9 Å². The zero-order valence-electron chi connectivity index (χ0n) is 17.1. The van der Waals surface area contributed by atoms with E-state index in [2.05, 4.69) is 10.0 Å². The molecule has 1 atom stereocenters. The Bertz CT molecular complexity index is 1210. The number of hydrogen-bond acceptors (Lipinski definition) is 5. The molecule has 1 unspecified atom stereocenters. The lowest BCUT2D eigenvalue weighted by Gasteiger charge is -2.21. The van der Waals surface area contributed by atoms with Gasteiger partial charge < -0.3 is 14.6 Å². The molecule has 0 saturated carbocycles. The number of carbonyl (C=O) groups excluding carboxylic acids is 2. The van der Waals surface area contributed by atoms with Crippen molar-refractivity contribution in [1.82, 2.24) is 5.32 Å². The fourth-order valence-electron chi connectivity index (χ4n) is 3.23. The summed E-state index contributed by atoms with van der Waals surface area (Å²) in [6, 6.07) is 19.0. The first-order valence-corrected chi connectivity index (χ1v) is 11.2. The average molecular weight is 467 g/mol. The van der Waals surface area contributed by atoms with Gasteiger partial charge in [-0.1, -0.05) is 35.9 Å². The van der Waals surface area contributed by atoms with Gasteiger partial charge in [-0.2, -0.15) is 0 Å². The molecule has 0 saturated heterocycles. The number of ether oxygens (including phenoxy) is 1. The van der Waals surface area contributed by atoms with E-state index in [0.29, 0.717) is 28.4 Å². The second-order valence-electron chi connectivity index (χ2n) is 7.05. The Morgan fingerprint density at radius 2 is 1.94 bits per heavy atom. The Hall–Kier alpha value is -3.26. The highest BCUT2D eigenvalue weighted by molar-refractivity contribution is 7.97. The van der Waals surface area contributed by atoms with Crippen molar-refractivity contribution < 1.29 is 18.9 Å². The van der Waals surface area contributed by atoms with Crippen molar-refractivity contribution in [3.8, 4) is 5.75 Å². The van der Waals surface area contributed by atoms with Gasteiger partial charge in [0, 0.05) is 23.2 Å². The summed E-state index contributed by atoms with van der Waals surface area (Å²) in [7, 11) is 1.59. The largest absolute Gasteiger partial charge is 0.588 e. The Morgan fingerprint density at radius 1 is 1.16 bits per heavy atom. The number of Topliss-reactive ketones (excluding diaryl/α,β-unsaturated/α-hetero) is 1. The van der Waals surface area contributed by atoms with Crippen LogP contribution in [0.4, 0.5) is 5.69 Å². The topological polar surface area (TPSA) is 90.5 Å². The molecule has 1 aliphatic heterocycles. The molecule has 0 aromatic heterocycles. The molecule has 32 heavy (non-hydrogen) atoms. The second kappa shape index (κ2) is 9.48. The average Bonchev–Trinajstić information content (AvgIpc) is 2.80. The van der Waals surface area contributed by atoms with Crippen LogP contribution in [0.25, 0.3) is 6.08 Å². The van der Waals surface area contributed by atoms with Crippen molar-refractivity contribution in [1.29, 1.82) is 0 Å². The van der Waals surface area contributed by atoms with E-state index in [-0.39, 0.29) is 16.4 Å². The quantitative estimate of drug-likeness (QED) is 0.424. The van der Waals surface area contributed by atoms with Crippen molar-refractivity contribution in [2.75, 3.05) is 11.8 Å². The van der Waals surface area contributed by atoms with E-state index in [9.17, 15) is 14.1 Å². The van der Waals surface area contributed by atoms with Gasteiger partial charge in [-0.3, -0.25) is 9.59 Å². The fraction of sp³-hybridized carbons (Fsp3) is 0.0833. The molecule has 1 heterocycles. The zero-order chi connectivity index (χ0) is 22.7. The number of benzene rings is 3. The van der Waals surface area contributed by atoms with Gasteiger partial charge in [-0.15, -0.1) is 0 Å². The van der Waals surface area contributed by atoms with E-state index in [1.807, 2.05) is 24.3 Å². The number of methoxy groups -OCH3 is 1. The number of rotatable bonds is 5. The van der Waals surface area contributed by atoms with E-state index in [1.165, 1.54) is 12.1 Å². The first kappa shape index (κ1) is 22.0. The van der Waals surface area contributed by atoms with Crippen LogP contribution in [0, 0.1) is 0 Å². The van der Waals surface area contributed by atoms with Crippen LogP contribution in [0.1, 0.15) is 31.8 Å². The maximum atomic E-state index is 13.1. The molecular weight excluding hydrogens is 448 g/mol. The van der Waals surface area contributed by atoms with Gasteiger partial charge >= 0.3 is 0 Å². The maximum Gasteiger partial charge on any atom is 0.251 e. The number of anilines is 1. The van der Waals surface area contributed by atoms with Gasteiger partial charge in [0.15, 0.2) is 0 Å². The van der Waals surface area contributed by atoms with Gasteiger partial charge in [-0.05, 0) is 53.6 Å². The number of fused-ring (bicyclic) bond motifs is 1. The van der Waals surface area contributed by atoms with E-state index >= 15 is 0 Å². The standard InChI is InChI=1S/C24H19ClN2O4S/c1-31-19-8-5-15(6-9-19)14-26-24(29)17-7-10-21-20(13-17)23(28)22(32(30)27-21)12-16-3-2-4-18(25)11-16/h2-13,27H,14H2,1H3,(H,26,29)/b22-12-. The molecular formula is C24H19ClN2O4S. The van der Waals surface area contributed by atoms with E-state index in [0.717, 1.165) is 11.3 Å². The summed E-state index contributed by atoms with van der Waals surface area (Å²) in [6.07, 6.45) is 1.54. The summed E-state index contributed by atoms with van der Waals surface area (Å²) in [6.45, 7) is 0.329. The smallest absolute Gasteiger partial charge is 0.251 e. The Labute approximate surface area is 193 Å². The molecule has 6 nitrogen and oxygen atoms in total. The number of amides is 1. The second-order valence-corrected chi connectivity index (χ2v) is 8.67. The van der Waals surface area contributed by atoms with E-state index in [4.69, 9.17) is 16.3 Å². The van der Waals surface area contributed by atoms with Crippen molar-refractivity contribution in [2.45, 2.75) is 6.54 Å². The van der Waals surface area contributed by atoms with Gasteiger partial charge in [0.1, 0.15) is 17.1 Å². The highest BCUT2D eigenvalue weighted by atomic mass is 35.5. The number of carbonyl (C=O) groups is 2. The van der Waals surface area contributed by atoms with Crippen LogP contribution >= 0.6 is 11.6 Å². The van der Waals surface area contributed by atoms with Gasteiger partial charge in [0.05, 0.1) is 18.4 Å². The minimum atomic E-state index is -1.72. The third-order valence-corrected chi connectivity index (χ3v) is 6.25. The molecule has 0 spiro atoms. The lowest BCUT2D eigenvalue weighted by Crippen LogP contribution is -2.28. The Morgan fingerprint density at radius 3 is 2.66 bits per heavy atom. The number of halogens is 1. The minimum Gasteiger partial charge on any atom is -0.588 e. The highest BCUT2D eigenvalue weighted by Gasteiger charge is 2.34. The highest BCUT2D eigenvalue weighted by Crippen LogP contribution is 2.31. The molecule has 0 radical (unpaired) electrons. The number of hydrogen-bond donors (Lipinski definition) is 2. The van der Waals surface area contributed by atoms with Crippen LogP contribution in [0.5, 0.6) is 5.75 Å². The summed E-state index contributed by atoms with van der Waals surface area (Å²) in [5.41, 5.74) is 2.62. The third-order valence-electron chi connectivity index (χ3n) is 4.91. The summed E-state index contributed by atoms with van der Waals surface area (Å²) in [5, 5.41) is 3.35. The predicted molar refractivity (Wildman–Crippen MR) is 126 cm³/mol. The SMILES string of the molecule is COc1ccc(CNC(=O)c2ccc3c(c2)C(=O)/C(=C/c2cccc(Cl)c2)[S+]([O-])N3)cc1. The molecule has 4 rings (SSSR count). The van der Waals surface area contributed by atoms with E-state index < -0.39 is 17.1 Å². The molecule has 8 heteroatoms. The number of allylic oxidation sites excluding steroid dienone is 1. The van der Waals surface area contributed by atoms with Crippen molar-refractivity contribution >= 4 is 46.4 Å². The zero-order valence-corrected chi connectivity index (χ0v) is 18.6. The molecule has 3 aromatic rings. The lowest BCUT2D eigenvalue weighted by molar-refractivity contribution is 0.0951. The summed E-state index contributed by atoms with van der Waals surface area (Å²) in [4.78, 5) is 25.8. The summed E-state index contributed by atoms with van der Waals surface area (Å²) in [5.74, 6) is 0.0187. The molecule has 2 N–H and O–H groups in total. The molecule has 162 valence electrons. The van der Waals surface area contributed by atoms with Crippen LogP contribution < -0.4 is 14.8 Å². The maximum absolute atomic E-state index is 13.1. The molecule has 0 bridgehead atoms. The monoisotopic (exact) mass is 466 g/mol. The molecule has 0 fully saturated rings. The van der Waals surface area contributed by atoms with Crippen LogP contribution in [0.15, 0.2) is 71.6 Å². The Balaban J connectivity index is 1.54. The lowest BCUT2D eigenvalue weighted by atomic mass is 10.0. The Kier molecular flexibility index (Phi) is 6.50. The first-order chi connectivity index (χ1) is 15.4. The minimum absolute atomic E-state index is 0.0931. The summed E-state index contributed by atoms with van der Waals surface area (Å²) < 4.78 is 20.5. The molecule has 0 aliphatic carbocycles. The normalized spacial score (nSPS) is 16.3. The predicted octanol–water partition coefficient (Wildman–Crippen LogP) is 4.59. The molecule has 1 amide bonds. The van der Waals surface area contributed by atoms with Crippen molar-refractivity contribution in [2.24, 2.45) is 0 Å². The van der Waals surface area contributed by atoms with Crippen LogP contribution in [-0.4, -0.2) is 23.4 Å². The van der Waals surface area contributed by atoms with Crippen molar-refractivity contribution in [3.05, 3.63) is 98.9 Å². The van der Waals surface area contributed by atoms with Crippen LogP contribution in [0.2, 0.25) is 5.02 Å². The third kappa shape index (κ3) is 4.80. The number of nitrogens with one attached hydrogen (secondary N) is 2. The molecule has 1 aliphatic rings.